The molecule has 132 valence electrons. The molecule has 1 fully saturated rings. The van der Waals surface area contributed by atoms with E-state index in [4.69, 9.17) is 9.47 Å². The highest BCUT2D eigenvalue weighted by molar-refractivity contribution is 5.93. The van der Waals surface area contributed by atoms with E-state index in [1.54, 1.807) is 0 Å². The Morgan fingerprint density at radius 1 is 1.38 bits per heavy atom. The van der Waals surface area contributed by atoms with Crippen molar-refractivity contribution in [2.45, 2.75) is 32.9 Å². The largest absolute Gasteiger partial charge is 0.492 e. The van der Waals surface area contributed by atoms with Crippen molar-refractivity contribution in [3.8, 4) is 5.75 Å². The minimum absolute atomic E-state index is 0.311. The minimum Gasteiger partial charge on any atom is -0.492 e. The van der Waals surface area contributed by atoms with E-state index in [1.807, 2.05) is 6.07 Å². The molecule has 1 saturated heterocycles. The van der Waals surface area contributed by atoms with Crippen molar-refractivity contribution >= 4 is 5.97 Å². The second-order valence-corrected chi connectivity index (χ2v) is 7.27. The van der Waals surface area contributed by atoms with Crippen LogP contribution in [0.15, 0.2) is 12.1 Å². The first-order valence-corrected chi connectivity index (χ1v) is 8.79. The molecule has 1 aromatic rings. The summed E-state index contributed by atoms with van der Waals surface area (Å²) in [5, 5.41) is 0. The van der Waals surface area contributed by atoms with Crippen LogP contribution in [0.4, 0.5) is 0 Å². The molecule has 5 heteroatoms. The Morgan fingerprint density at radius 3 is 2.88 bits per heavy atom. The number of carbonyl (C=O) groups excluding carboxylic acids is 1. The Balaban J connectivity index is 1.85. The molecule has 2 heterocycles. The summed E-state index contributed by atoms with van der Waals surface area (Å²) in [7, 11) is 3.61. The van der Waals surface area contributed by atoms with Gasteiger partial charge < -0.3 is 14.4 Å². The van der Waals surface area contributed by atoms with E-state index < -0.39 is 0 Å². The van der Waals surface area contributed by atoms with Crippen LogP contribution in [0.5, 0.6) is 5.75 Å². The number of nitrogens with zero attached hydrogens (tertiary/aromatic N) is 2. The van der Waals surface area contributed by atoms with Crippen molar-refractivity contribution in [1.29, 1.82) is 0 Å². The molecule has 5 nitrogen and oxygen atoms in total. The van der Waals surface area contributed by atoms with E-state index >= 15 is 0 Å². The predicted molar refractivity (Wildman–Crippen MR) is 93.5 cm³/mol. The van der Waals surface area contributed by atoms with Crippen LogP contribution in [0.25, 0.3) is 0 Å². The van der Waals surface area contributed by atoms with Gasteiger partial charge >= 0.3 is 5.97 Å². The second-order valence-electron chi connectivity index (χ2n) is 7.27. The van der Waals surface area contributed by atoms with Crippen LogP contribution >= 0.6 is 0 Å². The first kappa shape index (κ1) is 17.2. The first-order chi connectivity index (χ1) is 11.5. The molecule has 0 spiro atoms. The molecule has 24 heavy (non-hydrogen) atoms. The number of rotatable bonds is 4. The van der Waals surface area contributed by atoms with Crippen LogP contribution in [-0.2, 0) is 17.7 Å². The molecule has 0 amide bonds. The van der Waals surface area contributed by atoms with Crippen LogP contribution < -0.4 is 4.74 Å². The van der Waals surface area contributed by atoms with Gasteiger partial charge in [-0.25, -0.2) is 4.79 Å². The van der Waals surface area contributed by atoms with E-state index in [1.165, 1.54) is 12.7 Å². The normalized spacial score (nSPS) is 21.6. The number of carbonyl (C=O) groups is 1. The summed E-state index contributed by atoms with van der Waals surface area (Å²) in [6.07, 6.45) is 0.865. The van der Waals surface area contributed by atoms with Crippen molar-refractivity contribution in [2.24, 2.45) is 5.92 Å². The van der Waals surface area contributed by atoms with Crippen LogP contribution in [0.1, 0.15) is 35.3 Å². The number of piperazine rings is 1. The van der Waals surface area contributed by atoms with E-state index in [-0.39, 0.29) is 5.97 Å². The smallest absolute Gasteiger partial charge is 0.341 e. The van der Waals surface area contributed by atoms with Crippen LogP contribution in [0.2, 0.25) is 0 Å². The Labute approximate surface area is 144 Å². The van der Waals surface area contributed by atoms with Gasteiger partial charge in [-0.05, 0) is 30.2 Å². The molecule has 2 aliphatic rings. The van der Waals surface area contributed by atoms with Gasteiger partial charge in [-0.3, -0.25) is 4.90 Å². The minimum atomic E-state index is -0.311. The number of hydrogen-bond donors (Lipinski definition) is 0. The monoisotopic (exact) mass is 332 g/mol. The van der Waals surface area contributed by atoms with E-state index in [2.05, 4.69) is 36.8 Å². The summed E-state index contributed by atoms with van der Waals surface area (Å²) in [5.74, 6) is 1.00. The lowest BCUT2D eigenvalue weighted by Gasteiger charge is -2.42. The maximum absolute atomic E-state index is 12.1. The third-order valence-electron chi connectivity index (χ3n) is 5.14. The van der Waals surface area contributed by atoms with E-state index in [9.17, 15) is 4.79 Å². The molecule has 0 bridgehead atoms. The van der Waals surface area contributed by atoms with Gasteiger partial charge in [-0.15, -0.1) is 0 Å². The fourth-order valence-electron chi connectivity index (χ4n) is 3.78. The van der Waals surface area contributed by atoms with Crippen LogP contribution in [0.3, 0.4) is 0 Å². The first-order valence-electron chi connectivity index (χ1n) is 8.79. The Hall–Kier alpha value is -1.59. The number of esters is 1. The van der Waals surface area contributed by atoms with E-state index in [0.29, 0.717) is 29.9 Å². The Bertz CT molecular complexity index is 615. The zero-order valence-corrected chi connectivity index (χ0v) is 15.2. The topological polar surface area (TPSA) is 42.0 Å². The summed E-state index contributed by atoms with van der Waals surface area (Å²) in [5.41, 5.74) is 2.87. The average Bonchev–Trinajstić information content (AvgIpc) is 3.03. The SMILES string of the molecule is COC(=O)c1cc(CN2CCN(C)C[C@@H]2C(C)C)cc2c1OCC2. The van der Waals surface area contributed by atoms with Gasteiger partial charge in [0.05, 0.1) is 13.7 Å². The molecule has 3 rings (SSSR count). The zero-order chi connectivity index (χ0) is 17.3. The summed E-state index contributed by atoms with van der Waals surface area (Å²) in [6, 6.07) is 4.69. The van der Waals surface area contributed by atoms with Crippen molar-refractivity contribution in [1.82, 2.24) is 9.80 Å². The molecule has 0 aromatic heterocycles. The maximum Gasteiger partial charge on any atom is 0.341 e. The molecule has 0 N–H and O–H groups in total. The quantitative estimate of drug-likeness (QED) is 0.791. The molecule has 0 aliphatic carbocycles. The van der Waals surface area contributed by atoms with Crippen LogP contribution in [0, 0.1) is 5.92 Å². The standard InChI is InChI=1S/C19H28N2O3/c1-13(2)17-12-20(3)6-7-21(17)11-14-9-15-5-8-24-18(15)16(10-14)19(22)23-4/h9-10,13,17H,5-8,11-12H2,1-4H3/t17-/m1/s1. The summed E-state index contributed by atoms with van der Waals surface area (Å²) in [6.45, 7) is 9.32. The number of ether oxygens (including phenoxy) is 2. The van der Waals surface area contributed by atoms with E-state index in [0.717, 1.165) is 38.2 Å². The molecule has 0 saturated carbocycles. The molecule has 1 aromatic carbocycles. The highest BCUT2D eigenvalue weighted by atomic mass is 16.5. The second kappa shape index (κ2) is 7.11. The predicted octanol–water partition coefficient (Wildman–Crippen LogP) is 2.18. The highest BCUT2D eigenvalue weighted by Crippen LogP contribution is 2.32. The van der Waals surface area contributed by atoms with Crippen molar-refractivity contribution in [2.75, 3.05) is 40.4 Å². The fraction of sp³-hybridized carbons (Fsp3) is 0.632. The fourth-order valence-corrected chi connectivity index (χ4v) is 3.78. The van der Waals surface area contributed by atoms with Gasteiger partial charge in [0, 0.05) is 38.6 Å². The number of benzene rings is 1. The summed E-state index contributed by atoms with van der Waals surface area (Å²) in [4.78, 5) is 17.1. The number of fused-ring (bicyclic) bond motifs is 1. The molecule has 2 aliphatic heterocycles. The molecule has 1 atom stereocenters. The van der Waals surface area contributed by atoms with Gasteiger partial charge in [0.2, 0.25) is 0 Å². The average molecular weight is 332 g/mol. The third kappa shape index (κ3) is 3.42. The Kier molecular flexibility index (Phi) is 5.11. The van der Waals surface area contributed by atoms with Gasteiger partial charge in [0.1, 0.15) is 11.3 Å². The van der Waals surface area contributed by atoms with Gasteiger partial charge in [-0.2, -0.15) is 0 Å². The molecular weight excluding hydrogens is 304 g/mol. The van der Waals surface area contributed by atoms with Gasteiger partial charge in [0.25, 0.3) is 0 Å². The van der Waals surface area contributed by atoms with Crippen molar-refractivity contribution in [3.63, 3.8) is 0 Å². The van der Waals surface area contributed by atoms with Crippen molar-refractivity contribution < 1.29 is 14.3 Å². The lowest BCUT2D eigenvalue weighted by molar-refractivity contribution is 0.0565. The molecule has 0 unspecified atom stereocenters. The number of hydrogen-bond acceptors (Lipinski definition) is 5. The Morgan fingerprint density at radius 2 is 2.17 bits per heavy atom. The molecular formula is C19H28N2O3. The highest BCUT2D eigenvalue weighted by Gasteiger charge is 2.29. The van der Waals surface area contributed by atoms with Crippen LogP contribution in [-0.4, -0.2) is 62.2 Å². The van der Waals surface area contributed by atoms with Crippen molar-refractivity contribution in [3.05, 3.63) is 28.8 Å². The zero-order valence-electron chi connectivity index (χ0n) is 15.2. The molecule has 0 radical (unpaired) electrons. The third-order valence-corrected chi connectivity index (χ3v) is 5.14. The summed E-state index contributed by atoms with van der Waals surface area (Å²) < 4.78 is 10.6. The maximum atomic E-state index is 12.1. The van der Waals surface area contributed by atoms with Gasteiger partial charge in [-0.1, -0.05) is 19.9 Å². The lowest BCUT2D eigenvalue weighted by atomic mass is 9.97. The number of likely N-dealkylation sites (N-methyl/N-ethyl adjacent to an activating group) is 1. The van der Waals surface area contributed by atoms with Gasteiger partial charge in [0.15, 0.2) is 0 Å². The summed E-state index contributed by atoms with van der Waals surface area (Å²) >= 11 is 0. The number of methoxy groups -OCH3 is 1. The lowest BCUT2D eigenvalue weighted by Crippen LogP contribution is -2.53.